The Morgan fingerprint density at radius 3 is 3.00 bits per heavy atom. The monoisotopic (exact) mass is 311 g/mol. The summed E-state index contributed by atoms with van der Waals surface area (Å²) >= 11 is 2.41. The van der Waals surface area contributed by atoms with E-state index in [-0.39, 0.29) is 11.7 Å². The van der Waals surface area contributed by atoms with Crippen LogP contribution in [0.2, 0.25) is 0 Å². The number of carbonyl (C=O) groups excluding carboxylic acids is 1. The van der Waals surface area contributed by atoms with E-state index >= 15 is 0 Å². The van der Waals surface area contributed by atoms with Gasteiger partial charge >= 0.3 is 0 Å². The van der Waals surface area contributed by atoms with Gasteiger partial charge < -0.3 is 5.73 Å². The van der Waals surface area contributed by atoms with Crippen LogP contribution in [0.5, 0.6) is 0 Å². The molecule has 0 aliphatic heterocycles. The first-order chi connectivity index (χ1) is 9.65. The van der Waals surface area contributed by atoms with Crippen molar-refractivity contribution < 1.29 is 9.18 Å². The van der Waals surface area contributed by atoms with Crippen molar-refractivity contribution in [2.75, 3.05) is 11.5 Å². The molecule has 0 fully saturated rings. The molecule has 0 unspecified atom stereocenters. The molecule has 2 aromatic rings. The molecule has 0 saturated carbocycles. The minimum Gasteiger partial charge on any atom is -0.374 e. The molecule has 0 aliphatic carbocycles. The molecule has 1 heterocycles. The lowest BCUT2D eigenvalue weighted by Gasteiger charge is -1.98. The molecule has 0 radical (unpaired) electrons. The molecule has 2 rings (SSSR count). The van der Waals surface area contributed by atoms with Gasteiger partial charge in [0.2, 0.25) is 5.13 Å². The minimum absolute atomic E-state index is 0.128. The first-order valence-corrected chi connectivity index (χ1v) is 7.23. The fourth-order valence-electron chi connectivity index (χ4n) is 1.19. The third-order valence-electron chi connectivity index (χ3n) is 2.05. The van der Waals surface area contributed by atoms with E-state index in [1.165, 1.54) is 35.4 Å². The average molecular weight is 311 g/mol. The number of nitrogen functional groups attached to an aromatic ring is 1. The highest BCUT2D eigenvalue weighted by Crippen LogP contribution is 2.22. The van der Waals surface area contributed by atoms with Crippen molar-refractivity contribution in [3.05, 3.63) is 35.6 Å². The van der Waals surface area contributed by atoms with Crippen molar-refractivity contribution in [2.24, 2.45) is 5.10 Å². The highest BCUT2D eigenvalue weighted by molar-refractivity contribution is 8.01. The summed E-state index contributed by atoms with van der Waals surface area (Å²) in [6.45, 7) is 0. The van der Waals surface area contributed by atoms with E-state index < -0.39 is 5.82 Å². The van der Waals surface area contributed by atoms with Gasteiger partial charge in [0, 0.05) is 5.56 Å². The summed E-state index contributed by atoms with van der Waals surface area (Å²) in [5.74, 6) is -0.593. The smallest absolute Gasteiger partial charge is 0.250 e. The zero-order valence-corrected chi connectivity index (χ0v) is 11.7. The highest BCUT2D eigenvalue weighted by atomic mass is 32.2. The lowest BCUT2D eigenvalue weighted by atomic mass is 10.2. The molecule has 0 aliphatic rings. The maximum absolute atomic E-state index is 13.3. The second-order valence-corrected chi connectivity index (χ2v) is 5.74. The summed E-state index contributed by atoms with van der Waals surface area (Å²) in [6, 6.07) is 6.14. The van der Waals surface area contributed by atoms with Crippen molar-refractivity contribution in [3.8, 4) is 0 Å². The predicted octanol–water partition coefficient (Wildman–Crippen LogP) is 1.50. The number of hydrazone groups is 1. The molecule has 6 nitrogen and oxygen atoms in total. The van der Waals surface area contributed by atoms with Crippen molar-refractivity contribution in [2.45, 2.75) is 4.34 Å². The van der Waals surface area contributed by atoms with Gasteiger partial charge in [-0.05, 0) is 6.07 Å². The van der Waals surface area contributed by atoms with Crippen molar-refractivity contribution in [1.82, 2.24) is 15.6 Å². The number of carbonyl (C=O) groups is 1. The summed E-state index contributed by atoms with van der Waals surface area (Å²) in [7, 11) is 0. The third kappa shape index (κ3) is 4.28. The van der Waals surface area contributed by atoms with E-state index in [9.17, 15) is 9.18 Å². The zero-order chi connectivity index (χ0) is 14.4. The van der Waals surface area contributed by atoms with Crippen LogP contribution < -0.4 is 11.2 Å². The summed E-state index contributed by atoms with van der Waals surface area (Å²) in [5.41, 5.74) is 8.02. The van der Waals surface area contributed by atoms with E-state index in [1.54, 1.807) is 18.2 Å². The van der Waals surface area contributed by atoms with Crippen molar-refractivity contribution in [1.29, 1.82) is 0 Å². The number of hydrogen-bond donors (Lipinski definition) is 2. The highest BCUT2D eigenvalue weighted by Gasteiger charge is 2.06. The van der Waals surface area contributed by atoms with Gasteiger partial charge in [-0.1, -0.05) is 41.3 Å². The molecule has 3 N–H and O–H groups in total. The van der Waals surface area contributed by atoms with Crippen molar-refractivity contribution >= 4 is 40.4 Å². The Bertz CT molecular complexity index is 631. The van der Waals surface area contributed by atoms with Crippen LogP contribution in [0, 0.1) is 5.82 Å². The Morgan fingerprint density at radius 2 is 2.30 bits per heavy atom. The van der Waals surface area contributed by atoms with Crippen LogP contribution in [0.25, 0.3) is 0 Å². The van der Waals surface area contributed by atoms with E-state index in [4.69, 9.17) is 5.73 Å². The standard InChI is InChI=1S/C11H10FN5OS2/c12-8-4-2-1-3-7(8)5-14-15-9(18)6-19-11-17-16-10(13)20-11/h1-5H,6H2,(H2,13,16)(H,15,18). The molecule has 1 amide bonds. The van der Waals surface area contributed by atoms with Crippen LogP contribution in [0.3, 0.4) is 0 Å². The van der Waals surface area contributed by atoms with Gasteiger partial charge in [0.1, 0.15) is 5.82 Å². The Kier molecular flexibility index (Phi) is 5.02. The summed E-state index contributed by atoms with van der Waals surface area (Å²) in [4.78, 5) is 11.5. The van der Waals surface area contributed by atoms with Gasteiger partial charge in [-0.3, -0.25) is 4.79 Å². The number of nitrogens with zero attached hydrogens (tertiary/aromatic N) is 3. The second-order valence-electron chi connectivity index (χ2n) is 3.51. The Hall–Kier alpha value is -2.00. The molecular formula is C11H10FN5OS2. The Morgan fingerprint density at radius 1 is 1.50 bits per heavy atom. The molecule has 104 valence electrons. The first-order valence-electron chi connectivity index (χ1n) is 5.43. The average Bonchev–Trinajstić information content (AvgIpc) is 2.84. The lowest BCUT2D eigenvalue weighted by molar-refractivity contribution is -0.118. The first kappa shape index (κ1) is 14.4. The second kappa shape index (κ2) is 6.96. The number of amides is 1. The Balaban J connectivity index is 1.79. The maximum atomic E-state index is 13.3. The van der Waals surface area contributed by atoms with Crippen LogP contribution in [0.4, 0.5) is 9.52 Å². The molecule has 0 saturated heterocycles. The maximum Gasteiger partial charge on any atom is 0.250 e. The number of nitrogens with two attached hydrogens (primary N) is 1. The summed E-state index contributed by atoms with van der Waals surface area (Å²) in [6.07, 6.45) is 1.25. The lowest BCUT2D eigenvalue weighted by Crippen LogP contribution is -2.19. The van der Waals surface area contributed by atoms with Gasteiger partial charge in [0.25, 0.3) is 5.91 Å². The number of nitrogens with one attached hydrogen (secondary N) is 1. The largest absolute Gasteiger partial charge is 0.374 e. The van der Waals surface area contributed by atoms with Gasteiger partial charge in [0.05, 0.1) is 12.0 Å². The quantitative estimate of drug-likeness (QED) is 0.496. The van der Waals surface area contributed by atoms with E-state index in [0.29, 0.717) is 15.0 Å². The van der Waals surface area contributed by atoms with Gasteiger partial charge in [0.15, 0.2) is 4.34 Å². The molecule has 1 aromatic carbocycles. The molecule has 0 spiro atoms. The molecule has 9 heteroatoms. The van der Waals surface area contributed by atoms with Gasteiger partial charge in [-0.2, -0.15) is 5.10 Å². The van der Waals surface area contributed by atoms with Crippen LogP contribution in [-0.4, -0.2) is 28.1 Å². The van der Waals surface area contributed by atoms with E-state index in [1.807, 2.05) is 0 Å². The molecular weight excluding hydrogens is 301 g/mol. The number of halogens is 1. The number of thioether (sulfide) groups is 1. The van der Waals surface area contributed by atoms with E-state index in [0.717, 1.165) is 0 Å². The van der Waals surface area contributed by atoms with Crippen LogP contribution in [0.1, 0.15) is 5.56 Å². The number of rotatable bonds is 5. The fraction of sp³-hybridized carbons (Fsp3) is 0.0909. The molecule has 0 bridgehead atoms. The van der Waals surface area contributed by atoms with Crippen LogP contribution in [0.15, 0.2) is 33.7 Å². The summed E-state index contributed by atoms with van der Waals surface area (Å²) < 4.78 is 13.9. The molecule has 0 atom stereocenters. The SMILES string of the molecule is Nc1nnc(SCC(=O)NN=Cc2ccccc2F)s1. The van der Waals surface area contributed by atoms with Crippen LogP contribution >= 0.6 is 23.1 Å². The third-order valence-corrected chi connectivity index (χ3v) is 3.93. The normalized spacial score (nSPS) is 10.8. The number of benzene rings is 1. The fourth-order valence-corrected chi connectivity index (χ4v) is 2.62. The van der Waals surface area contributed by atoms with Crippen molar-refractivity contribution in [3.63, 3.8) is 0 Å². The molecule has 20 heavy (non-hydrogen) atoms. The van der Waals surface area contributed by atoms with Gasteiger partial charge in [-0.15, -0.1) is 10.2 Å². The van der Waals surface area contributed by atoms with E-state index in [2.05, 4.69) is 20.7 Å². The molecule has 1 aromatic heterocycles. The predicted molar refractivity (Wildman–Crippen MR) is 77.2 cm³/mol. The van der Waals surface area contributed by atoms with Crippen LogP contribution in [-0.2, 0) is 4.79 Å². The number of anilines is 1. The van der Waals surface area contributed by atoms with Gasteiger partial charge in [-0.25, -0.2) is 9.82 Å². The number of aromatic nitrogens is 2. The topological polar surface area (TPSA) is 93.3 Å². The summed E-state index contributed by atoms with van der Waals surface area (Å²) in [5, 5.41) is 11.4. The Labute approximate surface area is 122 Å². The number of hydrogen-bond acceptors (Lipinski definition) is 7. The zero-order valence-electron chi connectivity index (χ0n) is 10.1. The minimum atomic E-state index is -0.399.